The molecule has 0 aromatic heterocycles. The SMILES string of the molecule is COC(C)/N=C(/NC#N)SC. The first-order valence-corrected chi connectivity index (χ1v) is 4.26. The van der Waals surface area contributed by atoms with Crippen LogP contribution < -0.4 is 5.32 Å². The Morgan fingerprint density at radius 1 is 1.82 bits per heavy atom. The summed E-state index contributed by atoms with van der Waals surface area (Å²) < 4.78 is 4.88. The number of nitrogens with zero attached hydrogens (tertiary/aromatic N) is 2. The summed E-state index contributed by atoms with van der Waals surface area (Å²) in [6.07, 6.45) is 3.42. The molecule has 0 aromatic carbocycles. The van der Waals surface area contributed by atoms with E-state index in [1.54, 1.807) is 20.2 Å². The number of thioether (sulfide) groups is 1. The molecule has 0 rings (SSSR count). The van der Waals surface area contributed by atoms with Gasteiger partial charge in [-0.1, -0.05) is 11.8 Å². The van der Waals surface area contributed by atoms with E-state index in [9.17, 15) is 0 Å². The molecular formula is C6H11N3OS. The lowest BCUT2D eigenvalue weighted by Crippen LogP contribution is -2.16. The fraction of sp³-hybridized carbons (Fsp3) is 0.667. The zero-order chi connectivity index (χ0) is 8.69. The summed E-state index contributed by atoms with van der Waals surface area (Å²) >= 11 is 1.37. The van der Waals surface area contributed by atoms with Crippen molar-refractivity contribution in [1.29, 1.82) is 5.26 Å². The maximum absolute atomic E-state index is 8.26. The molecule has 0 aromatic rings. The first-order chi connectivity index (χ1) is 5.24. The van der Waals surface area contributed by atoms with Gasteiger partial charge in [0.25, 0.3) is 0 Å². The predicted molar refractivity (Wildman–Crippen MR) is 46.2 cm³/mol. The van der Waals surface area contributed by atoms with E-state index >= 15 is 0 Å². The van der Waals surface area contributed by atoms with Crippen molar-refractivity contribution in [3.8, 4) is 6.19 Å². The van der Waals surface area contributed by atoms with Crippen LogP contribution in [-0.4, -0.2) is 24.8 Å². The molecule has 0 bridgehead atoms. The predicted octanol–water partition coefficient (Wildman–Crippen LogP) is 0.768. The molecule has 0 amide bonds. The van der Waals surface area contributed by atoms with Crippen molar-refractivity contribution in [2.45, 2.75) is 13.2 Å². The van der Waals surface area contributed by atoms with Gasteiger partial charge in [-0.2, -0.15) is 5.26 Å². The Kier molecular flexibility index (Phi) is 5.61. The maximum Gasteiger partial charge on any atom is 0.183 e. The number of amidine groups is 1. The zero-order valence-corrected chi connectivity index (χ0v) is 7.60. The van der Waals surface area contributed by atoms with Crippen molar-refractivity contribution in [2.24, 2.45) is 4.99 Å². The van der Waals surface area contributed by atoms with Gasteiger partial charge in [-0.15, -0.1) is 0 Å². The highest BCUT2D eigenvalue weighted by atomic mass is 32.2. The number of ether oxygens (including phenoxy) is 1. The lowest BCUT2D eigenvalue weighted by atomic mass is 10.7. The quantitative estimate of drug-likeness (QED) is 0.290. The molecule has 4 nitrogen and oxygen atoms in total. The van der Waals surface area contributed by atoms with Crippen LogP contribution >= 0.6 is 11.8 Å². The van der Waals surface area contributed by atoms with Gasteiger partial charge in [0.2, 0.25) is 0 Å². The first kappa shape index (κ1) is 10.3. The van der Waals surface area contributed by atoms with Crippen molar-refractivity contribution >= 4 is 16.9 Å². The maximum atomic E-state index is 8.26. The topological polar surface area (TPSA) is 57.4 Å². The van der Waals surface area contributed by atoms with Crippen molar-refractivity contribution in [3.63, 3.8) is 0 Å². The molecule has 0 saturated carbocycles. The van der Waals surface area contributed by atoms with E-state index in [0.29, 0.717) is 5.17 Å². The van der Waals surface area contributed by atoms with Gasteiger partial charge in [-0.3, -0.25) is 5.32 Å². The Balaban J connectivity index is 4.01. The lowest BCUT2D eigenvalue weighted by molar-refractivity contribution is 0.126. The van der Waals surface area contributed by atoms with E-state index < -0.39 is 0 Å². The second-order valence-electron chi connectivity index (χ2n) is 1.71. The third-order valence-corrected chi connectivity index (χ3v) is 1.59. The Morgan fingerprint density at radius 2 is 2.45 bits per heavy atom. The summed E-state index contributed by atoms with van der Waals surface area (Å²) in [6.45, 7) is 1.80. The average Bonchev–Trinajstić information content (AvgIpc) is 2.03. The minimum Gasteiger partial charge on any atom is -0.360 e. The van der Waals surface area contributed by atoms with Gasteiger partial charge in [0, 0.05) is 7.11 Å². The van der Waals surface area contributed by atoms with E-state index in [-0.39, 0.29) is 6.23 Å². The van der Waals surface area contributed by atoms with Crippen molar-refractivity contribution < 1.29 is 4.74 Å². The van der Waals surface area contributed by atoms with Gasteiger partial charge in [-0.25, -0.2) is 4.99 Å². The van der Waals surface area contributed by atoms with Gasteiger partial charge in [-0.05, 0) is 13.2 Å². The zero-order valence-electron chi connectivity index (χ0n) is 6.79. The van der Waals surface area contributed by atoms with Crippen LogP contribution in [0.2, 0.25) is 0 Å². The highest BCUT2D eigenvalue weighted by Gasteiger charge is 1.98. The van der Waals surface area contributed by atoms with Crippen LogP contribution in [0, 0.1) is 11.5 Å². The number of hydrogen-bond acceptors (Lipinski definition) is 4. The summed E-state index contributed by atoms with van der Waals surface area (Å²) in [5.74, 6) is 0. The fourth-order valence-corrected chi connectivity index (χ4v) is 0.803. The molecule has 11 heavy (non-hydrogen) atoms. The van der Waals surface area contributed by atoms with Crippen LogP contribution in [0.15, 0.2) is 4.99 Å². The van der Waals surface area contributed by atoms with Gasteiger partial charge >= 0.3 is 0 Å². The number of nitriles is 1. The highest BCUT2D eigenvalue weighted by molar-refractivity contribution is 8.13. The number of hydrogen-bond donors (Lipinski definition) is 1. The summed E-state index contributed by atoms with van der Waals surface area (Å²) in [4.78, 5) is 4.03. The third-order valence-electron chi connectivity index (χ3n) is 0.996. The Morgan fingerprint density at radius 3 is 2.82 bits per heavy atom. The van der Waals surface area contributed by atoms with Gasteiger partial charge in [0.15, 0.2) is 11.4 Å². The fourth-order valence-electron chi connectivity index (χ4n) is 0.402. The molecule has 0 aliphatic rings. The highest BCUT2D eigenvalue weighted by Crippen LogP contribution is 1.98. The van der Waals surface area contributed by atoms with Crippen LogP contribution in [0.25, 0.3) is 0 Å². The molecule has 62 valence electrons. The van der Waals surface area contributed by atoms with Crippen LogP contribution in [-0.2, 0) is 4.74 Å². The monoisotopic (exact) mass is 173 g/mol. The van der Waals surface area contributed by atoms with Gasteiger partial charge < -0.3 is 4.74 Å². The number of methoxy groups -OCH3 is 1. The third kappa shape index (κ3) is 4.65. The van der Waals surface area contributed by atoms with Crippen LogP contribution in [0.4, 0.5) is 0 Å². The number of rotatable bonds is 2. The second-order valence-corrected chi connectivity index (χ2v) is 2.51. The molecule has 1 atom stereocenters. The van der Waals surface area contributed by atoms with E-state index in [0.717, 1.165) is 0 Å². The number of nitrogens with one attached hydrogen (secondary N) is 1. The van der Waals surface area contributed by atoms with Crippen LogP contribution in [0.3, 0.4) is 0 Å². The van der Waals surface area contributed by atoms with Crippen molar-refractivity contribution in [3.05, 3.63) is 0 Å². The smallest absolute Gasteiger partial charge is 0.183 e. The molecule has 0 saturated heterocycles. The molecule has 0 aliphatic carbocycles. The molecule has 0 aliphatic heterocycles. The molecule has 0 heterocycles. The largest absolute Gasteiger partial charge is 0.360 e. The van der Waals surface area contributed by atoms with Crippen LogP contribution in [0.5, 0.6) is 0 Å². The van der Waals surface area contributed by atoms with E-state index in [1.807, 2.05) is 6.26 Å². The molecular weight excluding hydrogens is 162 g/mol. The summed E-state index contributed by atoms with van der Waals surface area (Å²) in [5, 5.41) is 11.3. The summed E-state index contributed by atoms with van der Waals surface area (Å²) in [5.41, 5.74) is 0. The average molecular weight is 173 g/mol. The van der Waals surface area contributed by atoms with Gasteiger partial charge in [0.05, 0.1) is 0 Å². The molecule has 1 N–H and O–H groups in total. The molecule has 0 fully saturated rings. The Bertz CT molecular complexity index is 175. The number of aliphatic imine (C=N–C) groups is 1. The van der Waals surface area contributed by atoms with Crippen LogP contribution in [0.1, 0.15) is 6.92 Å². The van der Waals surface area contributed by atoms with E-state index in [1.165, 1.54) is 11.8 Å². The minimum atomic E-state index is -0.210. The Hall–Kier alpha value is -0.730. The molecule has 0 spiro atoms. The molecule has 0 radical (unpaired) electrons. The van der Waals surface area contributed by atoms with E-state index in [4.69, 9.17) is 10.00 Å². The molecule has 1 unspecified atom stereocenters. The van der Waals surface area contributed by atoms with Crippen molar-refractivity contribution in [2.75, 3.05) is 13.4 Å². The molecule has 5 heteroatoms. The first-order valence-electron chi connectivity index (χ1n) is 3.04. The standard InChI is InChI=1S/C6H11N3OS/c1-5(10-2)9-6(11-3)8-4-7/h5H,1-3H3,(H,8,9). The second kappa shape index (κ2) is 6.01. The summed E-state index contributed by atoms with van der Waals surface area (Å²) in [7, 11) is 1.57. The Labute approximate surface area is 70.6 Å². The van der Waals surface area contributed by atoms with Gasteiger partial charge in [0.1, 0.15) is 6.23 Å². The van der Waals surface area contributed by atoms with E-state index in [2.05, 4.69) is 10.3 Å². The lowest BCUT2D eigenvalue weighted by Gasteiger charge is -2.04. The summed E-state index contributed by atoms with van der Waals surface area (Å²) in [6, 6.07) is 0. The van der Waals surface area contributed by atoms with Crippen molar-refractivity contribution in [1.82, 2.24) is 5.32 Å². The minimum absolute atomic E-state index is 0.210. The normalized spacial score (nSPS) is 13.8.